The molecule has 0 fully saturated rings. The van der Waals surface area contributed by atoms with Crippen LogP contribution in [0, 0.1) is 0 Å². The van der Waals surface area contributed by atoms with E-state index in [4.69, 9.17) is 19.9 Å². The van der Waals surface area contributed by atoms with Gasteiger partial charge in [0.1, 0.15) is 24.7 Å². The summed E-state index contributed by atoms with van der Waals surface area (Å²) >= 11 is 0. The minimum Gasteiger partial charge on any atom is -0.491 e. The first-order valence-corrected chi connectivity index (χ1v) is 6.93. The summed E-state index contributed by atoms with van der Waals surface area (Å²) in [4.78, 5) is 11.6. The molecule has 2 aromatic rings. The van der Waals surface area contributed by atoms with Crippen LogP contribution in [0.25, 0.3) is 0 Å². The van der Waals surface area contributed by atoms with Gasteiger partial charge in [-0.1, -0.05) is 30.3 Å². The van der Waals surface area contributed by atoms with Crippen molar-refractivity contribution < 1.29 is 19.0 Å². The van der Waals surface area contributed by atoms with E-state index in [1.165, 1.54) is 0 Å². The molecule has 0 saturated heterocycles. The highest BCUT2D eigenvalue weighted by atomic mass is 16.5. The van der Waals surface area contributed by atoms with E-state index in [1.54, 1.807) is 25.3 Å². The molecule has 0 radical (unpaired) electrons. The molecule has 0 unspecified atom stereocenters. The molecule has 5 nitrogen and oxygen atoms in total. The Morgan fingerprint density at radius 2 is 1.82 bits per heavy atom. The smallest absolute Gasteiger partial charge is 0.252 e. The Morgan fingerprint density at radius 1 is 1.05 bits per heavy atom. The Morgan fingerprint density at radius 3 is 2.50 bits per heavy atom. The second-order valence-corrected chi connectivity index (χ2v) is 4.64. The van der Waals surface area contributed by atoms with Gasteiger partial charge in [0.2, 0.25) is 0 Å². The van der Waals surface area contributed by atoms with Gasteiger partial charge in [-0.25, -0.2) is 0 Å². The third-order valence-electron chi connectivity index (χ3n) is 3.01. The van der Waals surface area contributed by atoms with Crippen molar-refractivity contribution in [3.63, 3.8) is 0 Å². The SMILES string of the molecule is COCCOc1ccc(OCc2ccccc2)c(C(N)=O)c1. The fourth-order valence-electron chi connectivity index (χ4n) is 1.90. The maximum Gasteiger partial charge on any atom is 0.252 e. The number of amides is 1. The molecule has 22 heavy (non-hydrogen) atoms. The molecule has 0 aromatic heterocycles. The molecule has 2 rings (SSSR count). The van der Waals surface area contributed by atoms with Crippen LogP contribution in [0.15, 0.2) is 48.5 Å². The number of primary amides is 1. The zero-order chi connectivity index (χ0) is 15.8. The second-order valence-electron chi connectivity index (χ2n) is 4.64. The van der Waals surface area contributed by atoms with Gasteiger partial charge in [0.05, 0.1) is 12.2 Å². The second kappa shape index (κ2) is 8.05. The van der Waals surface area contributed by atoms with Crippen LogP contribution in [-0.2, 0) is 11.3 Å². The van der Waals surface area contributed by atoms with Gasteiger partial charge in [0.15, 0.2) is 0 Å². The van der Waals surface area contributed by atoms with Crippen LogP contribution in [0.3, 0.4) is 0 Å². The minimum atomic E-state index is -0.555. The van der Waals surface area contributed by atoms with Crippen LogP contribution in [0.5, 0.6) is 11.5 Å². The van der Waals surface area contributed by atoms with Crippen LogP contribution in [0.4, 0.5) is 0 Å². The highest BCUT2D eigenvalue weighted by Gasteiger charge is 2.11. The van der Waals surface area contributed by atoms with Gasteiger partial charge in [0.25, 0.3) is 5.91 Å². The van der Waals surface area contributed by atoms with E-state index in [0.29, 0.717) is 36.9 Å². The van der Waals surface area contributed by atoms with Crippen molar-refractivity contribution in [1.82, 2.24) is 0 Å². The summed E-state index contributed by atoms with van der Waals surface area (Å²) < 4.78 is 16.1. The average molecular weight is 301 g/mol. The number of ether oxygens (including phenoxy) is 3. The summed E-state index contributed by atoms with van der Waals surface area (Å²) in [5.41, 5.74) is 6.72. The summed E-state index contributed by atoms with van der Waals surface area (Å²) in [6, 6.07) is 14.7. The summed E-state index contributed by atoms with van der Waals surface area (Å²) in [6.45, 7) is 1.24. The number of hydrogen-bond acceptors (Lipinski definition) is 4. The zero-order valence-electron chi connectivity index (χ0n) is 12.5. The van der Waals surface area contributed by atoms with E-state index in [0.717, 1.165) is 5.56 Å². The fourth-order valence-corrected chi connectivity index (χ4v) is 1.90. The average Bonchev–Trinajstić information content (AvgIpc) is 2.54. The normalized spacial score (nSPS) is 10.2. The summed E-state index contributed by atoms with van der Waals surface area (Å²) in [5.74, 6) is 0.439. The third-order valence-corrected chi connectivity index (χ3v) is 3.01. The number of benzene rings is 2. The molecule has 0 heterocycles. The lowest BCUT2D eigenvalue weighted by molar-refractivity contribution is 0.0995. The molecule has 0 aliphatic rings. The first-order valence-electron chi connectivity index (χ1n) is 6.93. The van der Waals surface area contributed by atoms with Gasteiger partial charge >= 0.3 is 0 Å². The summed E-state index contributed by atoms with van der Waals surface area (Å²) in [6.07, 6.45) is 0. The number of hydrogen-bond donors (Lipinski definition) is 1. The highest BCUT2D eigenvalue weighted by molar-refractivity contribution is 5.96. The van der Waals surface area contributed by atoms with Crippen LogP contribution >= 0.6 is 0 Å². The first kappa shape index (κ1) is 15.9. The van der Waals surface area contributed by atoms with Crippen molar-refractivity contribution >= 4 is 5.91 Å². The third kappa shape index (κ3) is 4.49. The molecule has 0 spiro atoms. The largest absolute Gasteiger partial charge is 0.491 e. The maximum atomic E-state index is 11.6. The van der Waals surface area contributed by atoms with Crippen molar-refractivity contribution in [2.24, 2.45) is 5.73 Å². The van der Waals surface area contributed by atoms with E-state index in [1.807, 2.05) is 30.3 Å². The minimum absolute atomic E-state index is 0.297. The molecule has 0 aliphatic heterocycles. The van der Waals surface area contributed by atoms with Gasteiger partial charge in [0, 0.05) is 7.11 Å². The van der Waals surface area contributed by atoms with Crippen LogP contribution in [0.2, 0.25) is 0 Å². The van der Waals surface area contributed by atoms with Crippen molar-refractivity contribution in [1.29, 1.82) is 0 Å². The van der Waals surface area contributed by atoms with E-state index < -0.39 is 5.91 Å². The first-order chi connectivity index (χ1) is 10.7. The van der Waals surface area contributed by atoms with Gasteiger partial charge in [-0.15, -0.1) is 0 Å². The van der Waals surface area contributed by atoms with Gasteiger partial charge in [-0.2, -0.15) is 0 Å². The maximum absolute atomic E-state index is 11.6. The lowest BCUT2D eigenvalue weighted by Gasteiger charge is -2.12. The van der Waals surface area contributed by atoms with Crippen LogP contribution < -0.4 is 15.2 Å². The molecule has 0 saturated carbocycles. The fraction of sp³-hybridized carbons (Fsp3) is 0.235. The molecule has 5 heteroatoms. The van der Waals surface area contributed by atoms with Crippen molar-refractivity contribution in [3.8, 4) is 11.5 Å². The van der Waals surface area contributed by atoms with E-state index in [2.05, 4.69) is 0 Å². The molecule has 0 aliphatic carbocycles. The molecule has 116 valence electrons. The Kier molecular flexibility index (Phi) is 5.80. The standard InChI is InChI=1S/C17H19NO4/c1-20-9-10-21-14-7-8-16(15(11-14)17(18)19)22-12-13-5-3-2-4-6-13/h2-8,11H,9-10,12H2,1H3,(H2,18,19). The Bertz CT molecular complexity index is 613. The lowest BCUT2D eigenvalue weighted by Crippen LogP contribution is -2.14. The molecule has 2 aromatic carbocycles. The Balaban J connectivity index is 2.08. The predicted octanol–water partition coefficient (Wildman–Crippen LogP) is 2.39. The molecule has 1 amide bonds. The van der Waals surface area contributed by atoms with Crippen LogP contribution in [0.1, 0.15) is 15.9 Å². The van der Waals surface area contributed by atoms with E-state index in [9.17, 15) is 4.79 Å². The van der Waals surface area contributed by atoms with Crippen molar-refractivity contribution in [2.75, 3.05) is 20.3 Å². The van der Waals surface area contributed by atoms with Crippen molar-refractivity contribution in [2.45, 2.75) is 6.61 Å². The van der Waals surface area contributed by atoms with Gasteiger partial charge < -0.3 is 19.9 Å². The number of carbonyl (C=O) groups is 1. The van der Waals surface area contributed by atoms with Crippen LogP contribution in [-0.4, -0.2) is 26.2 Å². The van der Waals surface area contributed by atoms with Crippen molar-refractivity contribution in [3.05, 3.63) is 59.7 Å². The monoisotopic (exact) mass is 301 g/mol. The van der Waals surface area contributed by atoms with Gasteiger partial charge in [-0.3, -0.25) is 4.79 Å². The molecule has 0 atom stereocenters. The number of rotatable bonds is 8. The number of nitrogens with two attached hydrogens (primary N) is 1. The Hall–Kier alpha value is -2.53. The van der Waals surface area contributed by atoms with E-state index >= 15 is 0 Å². The molecule has 0 bridgehead atoms. The lowest BCUT2D eigenvalue weighted by atomic mass is 10.1. The quantitative estimate of drug-likeness (QED) is 0.760. The number of methoxy groups -OCH3 is 1. The number of carbonyl (C=O) groups excluding carboxylic acids is 1. The van der Waals surface area contributed by atoms with Gasteiger partial charge in [-0.05, 0) is 23.8 Å². The predicted molar refractivity (Wildman–Crippen MR) is 83.1 cm³/mol. The highest BCUT2D eigenvalue weighted by Crippen LogP contribution is 2.25. The molecule has 2 N–H and O–H groups in total. The molecular formula is C17H19NO4. The molecular weight excluding hydrogens is 282 g/mol. The Labute approximate surface area is 129 Å². The van der Waals surface area contributed by atoms with E-state index in [-0.39, 0.29) is 0 Å². The summed E-state index contributed by atoms with van der Waals surface area (Å²) in [7, 11) is 1.60. The summed E-state index contributed by atoms with van der Waals surface area (Å²) in [5, 5.41) is 0. The zero-order valence-corrected chi connectivity index (χ0v) is 12.5. The topological polar surface area (TPSA) is 70.8 Å².